The summed E-state index contributed by atoms with van der Waals surface area (Å²) in [6.07, 6.45) is 1.06. The number of aliphatic carboxylic acids is 1. The summed E-state index contributed by atoms with van der Waals surface area (Å²) in [7, 11) is 0. The van der Waals surface area contributed by atoms with Crippen molar-refractivity contribution in [1.82, 2.24) is 5.32 Å². The van der Waals surface area contributed by atoms with Gasteiger partial charge in [-0.1, -0.05) is 0 Å². The zero-order valence-corrected chi connectivity index (χ0v) is 7.69. The maximum absolute atomic E-state index is 10.8. The summed E-state index contributed by atoms with van der Waals surface area (Å²) in [6.45, 7) is 3.65. The number of primary amides is 1. The Balaban J connectivity index is 2.34. The molecular formula is C8H13N3O3. The third kappa shape index (κ3) is 1.84. The first-order valence-corrected chi connectivity index (χ1v) is 4.27. The lowest BCUT2D eigenvalue weighted by atomic mass is 10.1. The van der Waals surface area contributed by atoms with Crippen LogP contribution in [0.4, 0.5) is 4.79 Å². The van der Waals surface area contributed by atoms with Gasteiger partial charge < -0.3 is 16.2 Å². The number of aliphatic imine (C=N–C) groups is 1. The van der Waals surface area contributed by atoms with Crippen molar-refractivity contribution in [2.45, 2.75) is 18.4 Å². The Labute approximate surface area is 81.2 Å². The minimum Gasteiger partial charge on any atom is -0.479 e. The van der Waals surface area contributed by atoms with E-state index < -0.39 is 17.5 Å². The molecule has 1 fully saturated rings. The van der Waals surface area contributed by atoms with E-state index in [0.29, 0.717) is 19.4 Å². The van der Waals surface area contributed by atoms with E-state index in [1.165, 1.54) is 0 Å². The Hall–Kier alpha value is -1.59. The Morgan fingerprint density at radius 2 is 2.36 bits per heavy atom. The Morgan fingerprint density at radius 1 is 1.71 bits per heavy atom. The zero-order chi connectivity index (χ0) is 10.8. The molecule has 6 nitrogen and oxygen atoms in total. The molecule has 0 aliphatic heterocycles. The van der Waals surface area contributed by atoms with Crippen LogP contribution in [0.2, 0.25) is 0 Å². The van der Waals surface area contributed by atoms with Gasteiger partial charge in [-0.3, -0.25) is 4.99 Å². The lowest BCUT2D eigenvalue weighted by Gasteiger charge is -2.05. The molecule has 1 aliphatic rings. The van der Waals surface area contributed by atoms with Gasteiger partial charge in [-0.2, -0.15) is 0 Å². The minimum atomic E-state index is -1.01. The fraction of sp³-hybridized carbons (Fsp3) is 0.625. The van der Waals surface area contributed by atoms with Crippen LogP contribution in [-0.2, 0) is 4.79 Å². The van der Waals surface area contributed by atoms with Crippen molar-refractivity contribution in [3.8, 4) is 0 Å². The first-order chi connectivity index (χ1) is 6.53. The molecule has 1 saturated carbocycles. The summed E-state index contributed by atoms with van der Waals surface area (Å²) < 4.78 is 0. The highest BCUT2D eigenvalue weighted by Gasteiger charge is 2.59. The highest BCUT2D eigenvalue weighted by molar-refractivity contribution is 5.84. The Morgan fingerprint density at radius 3 is 2.71 bits per heavy atom. The topological polar surface area (TPSA) is 105 Å². The van der Waals surface area contributed by atoms with Crippen LogP contribution in [0.15, 0.2) is 4.99 Å². The highest BCUT2D eigenvalue weighted by Crippen LogP contribution is 2.49. The molecule has 0 heterocycles. The molecule has 14 heavy (non-hydrogen) atoms. The van der Waals surface area contributed by atoms with Crippen LogP contribution in [0.1, 0.15) is 12.8 Å². The number of nitrogens with zero attached hydrogens (tertiary/aromatic N) is 1. The average molecular weight is 199 g/mol. The Bertz CT molecular complexity index is 279. The molecule has 2 amide bonds. The third-order valence-corrected chi connectivity index (χ3v) is 2.52. The lowest BCUT2D eigenvalue weighted by Crippen LogP contribution is -2.31. The fourth-order valence-corrected chi connectivity index (χ4v) is 1.55. The first kappa shape index (κ1) is 10.5. The molecule has 0 aromatic rings. The van der Waals surface area contributed by atoms with Crippen LogP contribution in [0.3, 0.4) is 0 Å². The molecule has 2 unspecified atom stereocenters. The van der Waals surface area contributed by atoms with E-state index >= 15 is 0 Å². The predicted octanol–water partition coefficient (Wildman–Crippen LogP) is -0.411. The lowest BCUT2D eigenvalue weighted by molar-refractivity contribution is -0.139. The van der Waals surface area contributed by atoms with E-state index in [1.807, 2.05) is 0 Å². The smallest absolute Gasteiger partial charge is 0.331 e. The van der Waals surface area contributed by atoms with Crippen molar-refractivity contribution >= 4 is 18.7 Å². The minimum absolute atomic E-state index is 0.0376. The van der Waals surface area contributed by atoms with Crippen molar-refractivity contribution in [1.29, 1.82) is 0 Å². The van der Waals surface area contributed by atoms with Crippen LogP contribution in [0, 0.1) is 5.92 Å². The second kappa shape index (κ2) is 3.65. The van der Waals surface area contributed by atoms with Gasteiger partial charge in [0.05, 0.1) is 0 Å². The number of hydrogen-bond donors (Lipinski definition) is 3. The molecule has 1 rings (SSSR count). The van der Waals surface area contributed by atoms with Crippen molar-refractivity contribution in [2.75, 3.05) is 6.54 Å². The predicted molar refractivity (Wildman–Crippen MR) is 50.2 cm³/mol. The van der Waals surface area contributed by atoms with Gasteiger partial charge in [-0.25, -0.2) is 9.59 Å². The second-order valence-corrected chi connectivity index (χ2v) is 3.37. The number of rotatable bonds is 5. The summed E-state index contributed by atoms with van der Waals surface area (Å²) in [5, 5.41) is 11.2. The molecule has 0 spiro atoms. The number of carbonyl (C=O) groups is 2. The van der Waals surface area contributed by atoms with Crippen LogP contribution < -0.4 is 11.1 Å². The maximum Gasteiger partial charge on any atom is 0.331 e. The Kier molecular flexibility index (Phi) is 2.73. The van der Waals surface area contributed by atoms with Gasteiger partial charge >= 0.3 is 12.0 Å². The van der Waals surface area contributed by atoms with Crippen molar-refractivity contribution < 1.29 is 14.7 Å². The molecule has 6 heteroatoms. The molecule has 2 atom stereocenters. The van der Waals surface area contributed by atoms with Gasteiger partial charge in [-0.15, -0.1) is 0 Å². The number of nitrogens with two attached hydrogens (primary N) is 1. The molecule has 78 valence electrons. The molecule has 0 aromatic heterocycles. The van der Waals surface area contributed by atoms with Gasteiger partial charge in [-0.05, 0) is 25.5 Å². The summed E-state index contributed by atoms with van der Waals surface area (Å²) in [5.74, 6) is -0.985. The number of hydrogen-bond acceptors (Lipinski definition) is 3. The highest BCUT2D eigenvalue weighted by atomic mass is 16.4. The molecule has 0 bridgehead atoms. The molecule has 0 radical (unpaired) electrons. The van der Waals surface area contributed by atoms with E-state index in [1.54, 1.807) is 0 Å². The molecule has 1 aliphatic carbocycles. The van der Waals surface area contributed by atoms with E-state index in [2.05, 4.69) is 17.0 Å². The van der Waals surface area contributed by atoms with E-state index in [0.717, 1.165) is 0 Å². The van der Waals surface area contributed by atoms with Crippen molar-refractivity contribution in [2.24, 2.45) is 16.6 Å². The molecular weight excluding hydrogens is 186 g/mol. The largest absolute Gasteiger partial charge is 0.479 e. The number of carboxylic acid groups (broad SMARTS) is 1. The van der Waals surface area contributed by atoms with E-state index in [-0.39, 0.29) is 5.92 Å². The normalized spacial score (nSPS) is 29.3. The zero-order valence-electron chi connectivity index (χ0n) is 7.69. The number of carbonyl (C=O) groups excluding carboxylic acids is 1. The molecule has 0 aromatic carbocycles. The summed E-state index contributed by atoms with van der Waals surface area (Å²) in [5.41, 5.74) is 3.84. The summed E-state index contributed by atoms with van der Waals surface area (Å²) in [6, 6.07) is -0.599. The van der Waals surface area contributed by atoms with Crippen LogP contribution >= 0.6 is 0 Å². The van der Waals surface area contributed by atoms with Crippen LogP contribution in [0.25, 0.3) is 0 Å². The van der Waals surface area contributed by atoms with Crippen molar-refractivity contribution in [3.05, 3.63) is 0 Å². The van der Waals surface area contributed by atoms with Crippen LogP contribution in [-0.4, -0.2) is 35.9 Å². The van der Waals surface area contributed by atoms with Gasteiger partial charge in [0.25, 0.3) is 0 Å². The van der Waals surface area contributed by atoms with Gasteiger partial charge in [0, 0.05) is 6.54 Å². The van der Waals surface area contributed by atoms with Gasteiger partial charge in [0.1, 0.15) is 0 Å². The SMILES string of the molecule is C=NC1(C(=O)O)CC1CCNC(N)=O. The maximum atomic E-state index is 10.8. The number of carboxylic acids is 1. The summed E-state index contributed by atoms with van der Waals surface area (Å²) >= 11 is 0. The van der Waals surface area contributed by atoms with E-state index in [9.17, 15) is 9.59 Å². The van der Waals surface area contributed by atoms with Crippen LogP contribution in [0.5, 0.6) is 0 Å². The average Bonchev–Trinajstić information content (AvgIpc) is 2.79. The quantitative estimate of drug-likeness (QED) is 0.524. The first-order valence-electron chi connectivity index (χ1n) is 4.27. The van der Waals surface area contributed by atoms with Gasteiger partial charge in [0.15, 0.2) is 5.54 Å². The van der Waals surface area contributed by atoms with E-state index in [4.69, 9.17) is 10.8 Å². The summed E-state index contributed by atoms with van der Waals surface area (Å²) in [4.78, 5) is 24.7. The second-order valence-electron chi connectivity index (χ2n) is 3.37. The fourth-order valence-electron chi connectivity index (χ4n) is 1.55. The monoisotopic (exact) mass is 199 g/mol. The number of urea groups is 1. The standard InChI is InChI=1S/C8H13N3O3/c1-10-8(6(12)13)4-5(8)2-3-11-7(9)14/h5H,1-4H2,(H,12,13)(H3,9,11,14). The number of amides is 2. The van der Waals surface area contributed by atoms with Crippen molar-refractivity contribution in [3.63, 3.8) is 0 Å². The molecule has 4 N–H and O–H groups in total. The van der Waals surface area contributed by atoms with Gasteiger partial charge in [0.2, 0.25) is 0 Å². The third-order valence-electron chi connectivity index (χ3n) is 2.52. The molecule has 0 saturated heterocycles. The number of nitrogens with one attached hydrogen (secondary N) is 1.